The minimum atomic E-state index is -0.497. The number of unbranched alkanes of at least 4 members (excludes halogenated alkanes) is 26. The fourth-order valence-electron chi connectivity index (χ4n) is 4.91. The first kappa shape index (κ1) is 35.3. The number of hydrogen-bond donors (Lipinski definition) is 0. The predicted octanol–water partition coefficient (Wildman–Crippen LogP) is 12.1. The van der Waals surface area contributed by atoms with E-state index in [1.54, 1.807) is 0 Å². The third-order valence-corrected chi connectivity index (χ3v) is 7.44. The number of carbonyl (C=O) groups is 1. The van der Waals surface area contributed by atoms with Gasteiger partial charge in [-0.25, -0.2) is 4.79 Å². The van der Waals surface area contributed by atoms with Crippen molar-refractivity contribution >= 4 is 6.16 Å². The molecule has 3 nitrogen and oxygen atoms in total. The van der Waals surface area contributed by atoms with Crippen molar-refractivity contribution < 1.29 is 14.3 Å². The van der Waals surface area contributed by atoms with Crippen LogP contribution in [0.25, 0.3) is 0 Å². The highest BCUT2D eigenvalue weighted by atomic mass is 16.7. The Morgan fingerprint density at radius 2 is 0.556 bits per heavy atom. The zero-order valence-electron chi connectivity index (χ0n) is 24.9. The summed E-state index contributed by atoms with van der Waals surface area (Å²) in [6, 6.07) is 0. The van der Waals surface area contributed by atoms with Gasteiger partial charge in [-0.15, -0.1) is 0 Å². The van der Waals surface area contributed by atoms with E-state index < -0.39 is 6.16 Å². The summed E-state index contributed by atoms with van der Waals surface area (Å²) in [5.41, 5.74) is 0. The molecule has 0 rings (SSSR count). The first-order valence-corrected chi connectivity index (χ1v) is 16.6. The lowest BCUT2D eigenvalue weighted by Gasteiger charge is -2.06. The molecule has 3 heteroatoms. The minimum absolute atomic E-state index is 0.481. The Kier molecular flexibility index (Phi) is 31.6. The molecule has 0 radical (unpaired) electrons. The Labute approximate surface area is 227 Å². The van der Waals surface area contributed by atoms with Gasteiger partial charge in [0.1, 0.15) is 0 Å². The SMILES string of the molecule is CCCCCCCCCCCCCCCCCCCCCCCCCCCCOC(=O)OCCCC. The molecule has 0 aromatic carbocycles. The molecule has 0 fully saturated rings. The lowest BCUT2D eigenvalue weighted by molar-refractivity contribution is 0.0532. The molecule has 0 spiro atoms. The van der Waals surface area contributed by atoms with Gasteiger partial charge in [0.25, 0.3) is 0 Å². The van der Waals surface area contributed by atoms with E-state index >= 15 is 0 Å². The van der Waals surface area contributed by atoms with Crippen LogP contribution in [0.4, 0.5) is 4.79 Å². The predicted molar refractivity (Wildman–Crippen MR) is 158 cm³/mol. The van der Waals surface area contributed by atoms with Crippen LogP contribution in [-0.2, 0) is 9.47 Å². The van der Waals surface area contributed by atoms with Gasteiger partial charge in [0, 0.05) is 0 Å². The van der Waals surface area contributed by atoms with Crippen molar-refractivity contribution in [2.24, 2.45) is 0 Å². The Morgan fingerprint density at radius 3 is 0.833 bits per heavy atom. The number of ether oxygens (including phenoxy) is 2. The molecule has 0 aliphatic carbocycles. The maximum absolute atomic E-state index is 11.3. The van der Waals surface area contributed by atoms with Crippen molar-refractivity contribution in [3.63, 3.8) is 0 Å². The molecule has 0 saturated heterocycles. The average Bonchev–Trinajstić information content (AvgIpc) is 2.88. The number of carbonyl (C=O) groups excluding carboxylic acids is 1. The topological polar surface area (TPSA) is 35.5 Å². The van der Waals surface area contributed by atoms with Gasteiger partial charge >= 0.3 is 6.16 Å². The maximum atomic E-state index is 11.3. The molecule has 0 aromatic heterocycles. The second kappa shape index (κ2) is 32.3. The van der Waals surface area contributed by atoms with Crippen molar-refractivity contribution in [1.29, 1.82) is 0 Å². The van der Waals surface area contributed by atoms with Crippen LogP contribution in [0.3, 0.4) is 0 Å². The molecule has 0 heterocycles. The van der Waals surface area contributed by atoms with E-state index in [2.05, 4.69) is 13.8 Å². The van der Waals surface area contributed by atoms with Gasteiger partial charge in [-0.2, -0.15) is 0 Å². The summed E-state index contributed by atoms with van der Waals surface area (Å²) in [6.45, 7) is 5.36. The first-order valence-electron chi connectivity index (χ1n) is 16.6. The lowest BCUT2D eigenvalue weighted by atomic mass is 10.0. The second-order valence-corrected chi connectivity index (χ2v) is 11.1. The van der Waals surface area contributed by atoms with Crippen LogP contribution >= 0.6 is 0 Å². The van der Waals surface area contributed by atoms with Gasteiger partial charge in [0.05, 0.1) is 13.2 Å². The summed E-state index contributed by atoms with van der Waals surface area (Å²) in [7, 11) is 0. The molecular formula is C33H66O3. The molecule has 0 aliphatic heterocycles. The highest BCUT2D eigenvalue weighted by Gasteiger charge is 2.02. The monoisotopic (exact) mass is 511 g/mol. The van der Waals surface area contributed by atoms with Gasteiger partial charge in [0.15, 0.2) is 0 Å². The molecule has 0 N–H and O–H groups in total. The van der Waals surface area contributed by atoms with Crippen molar-refractivity contribution in [1.82, 2.24) is 0 Å². The Balaban J connectivity index is 3.06. The minimum Gasteiger partial charge on any atom is -0.434 e. The van der Waals surface area contributed by atoms with Gasteiger partial charge in [0.2, 0.25) is 0 Å². The standard InChI is InChI=1S/C33H66O3/c1-3-5-7-8-9-10-11-12-13-14-15-16-17-18-19-20-21-22-23-24-25-26-27-28-29-30-32-36-33(34)35-31-6-4-2/h3-32H2,1-2H3. The summed E-state index contributed by atoms with van der Waals surface area (Å²) >= 11 is 0. The van der Waals surface area contributed by atoms with Crippen molar-refractivity contribution in [3.05, 3.63) is 0 Å². The molecule has 0 unspecified atom stereocenters. The molecule has 0 atom stereocenters. The summed E-state index contributed by atoms with van der Waals surface area (Å²) < 4.78 is 10.1. The van der Waals surface area contributed by atoms with E-state index in [-0.39, 0.29) is 0 Å². The summed E-state index contributed by atoms with van der Waals surface area (Å²) in [5, 5.41) is 0. The summed E-state index contributed by atoms with van der Waals surface area (Å²) in [4.78, 5) is 11.3. The van der Waals surface area contributed by atoms with Gasteiger partial charge in [-0.1, -0.05) is 181 Å². The Morgan fingerprint density at radius 1 is 0.333 bits per heavy atom. The highest BCUT2D eigenvalue weighted by molar-refractivity contribution is 5.59. The molecule has 0 aromatic rings. The lowest BCUT2D eigenvalue weighted by Crippen LogP contribution is -2.09. The number of rotatable bonds is 30. The van der Waals surface area contributed by atoms with Crippen molar-refractivity contribution in [3.8, 4) is 0 Å². The third-order valence-electron chi connectivity index (χ3n) is 7.44. The third kappa shape index (κ3) is 31.3. The second-order valence-electron chi connectivity index (χ2n) is 11.1. The fraction of sp³-hybridized carbons (Fsp3) is 0.970. The zero-order chi connectivity index (χ0) is 26.2. The fourth-order valence-corrected chi connectivity index (χ4v) is 4.91. The average molecular weight is 511 g/mol. The van der Waals surface area contributed by atoms with Gasteiger partial charge in [-0.05, 0) is 12.8 Å². The van der Waals surface area contributed by atoms with E-state index in [0.29, 0.717) is 13.2 Å². The van der Waals surface area contributed by atoms with Crippen LogP contribution in [0.5, 0.6) is 0 Å². The summed E-state index contributed by atoms with van der Waals surface area (Å²) in [6.07, 6.45) is 37.9. The van der Waals surface area contributed by atoms with Crippen LogP contribution in [0.15, 0.2) is 0 Å². The van der Waals surface area contributed by atoms with Crippen LogP contribution < -0.4 is 0 Å². The van der Waals surface area contributed by atoms with Crippen LogP contribution in [0, 0.1) is 0 Å². The van der Waals surface area contributed by atoms with Gasteiger partial charge in [-0.3, -0.25) is 0 Å². The summed E-state index contributed by atoms with van der Waals surface area (Å²) in [5.74, 6) is 0. The largest absolute Gasteiger partial charge is 0.508 e. The van der Waals surface area contributed by atoms with Crippen LogP contribution in [0.2, 0.25) is 0 Å². The zero-order valence-corrected chi connectivity index (χ0v) is 24.9. The Hall–Kier alpha value is -0.730. The molecule has 36 heavy (non-hydrogen) atoms. The van der Waals surface area contributed by atoms with E-state index in [4.69, 9.17) is 9.47 Å². The molecule has 0 amide bonds. The van der Waals surface area contributed by atoms with Crippen molar-refractivity contribution in [2.75, 3.05) is 13.2 Å². The molecule has 0 saturated carbocycles. The van der Waals surface area contributed by atoms with Crippen LogP contribution in [-0.4, -0.2) is 19.4 Å². The van der Waals surface area contributed by atoms with Crippen LogP contribution in [0.1, 0.15) is 194 Å². The Bertz CT molecular complexity index is 410. The highest BCUT2D eigenvalue weighted by Crippen LogP contribution is 2.16. The van der Waals surface area contributed by atoms with E-state index in [1.165, 1.54) is 154 Å². The molecule has 0 bridgehead atoms. The smallest absolute Gasteiger partial charge is 0.434 e. The van der Waals surface area contributed by atoms with Gasteiger partial charge < -0.3 is 9.47 Å². The van der Waals surface area contributed by atoms with E-state index in [9.17, 15) is 4.79 Å². The molecular weight excluding hydrogens is 444 g/mol. The first-order chi connectivity index (χ1) is 17.8. The van der Waals surface area contributed by atoms with E-state index in [1.807, 2.05) is 0 Å². The quantitative estimate of drug-likeness (QED) is 0.0711. The molecule has 0 aliphatic rings. The number of hydrogen-bond acceptors (Lipinski definition) is 3. The van der Waals surface area contributed by atoms with E-state index in [0.717, 1.165) is 25.7 Å². The van der Waals surface area contributed by atoms with Crippen molar-refractivity contribution in [2.45, 2.75) is 194 Å². The maximum Gasteiger partial charge on any atom is 0.508 e. The normalized spacial score (nSPS) is 11.2. The molecule has 216 valence electrons.